The number of carbonyl (C=O) groups is 1. The first-order valence-corrected chi connectivity index (χ1v) is 7.34. The van der Waals surface area contributed by atoms with E-state index in [1.807, 2.05) is 26.8 Å². The molecule has 1 fully saturated rings. The highest BCUT2D eigenvalue weighted by molar-refractivity contribution is 6.06. The van der Waals surface area contributed by atoms with Crippen LogP contribution in [0.3, 0.4) is 0 Å². The van der Waals surface area contributed by atoms with Gasteiger partial charge in [-0.3, -0.25) is 4.79 Å². The second-order valence-electron chi connectivity index (χ2n) is 5.86. The second-order valence-corrected chi connectivity index (χ2v) is 5.86. The Morgan fingerprint density at radius 3 is 3.00 bits per heavy atom. The molecule has 6 heteroatoms. The van der Waals surface area contributed by atoms with E-state index in [1.54, 1.807) is 0 Å². The minimum absolute atomic E-state index is 0.0794. The monoisotopic (exact) mass is 288 g/mol. The molecule has 2 aromatic heterocycles. The van der Waals surface area contributed by atoms with Crippen LogP contribution in [0.1, 0.15) is 47.9 Å². The highest BCUT2D eigenvalue weighted by atomic mass is 16.5. The van der Waals surface area contributed by atoms with Gasteiger partial charge in [0.2, 0.25) is 0 Å². The minimum atomic E-state index is -0.0794. The molecule has 3 heterocycles. The van der Waals surface area contributed by atoms with Gasteiger partial charge in [0.05, 0.1) is 16.6 Å². The Balaban J connectivity index is 2.01. The van der Waals surface area contributed by atoms with E-state index in [0.29, 0.717) is 22.4 Å². The Kier molecular flexibility index (Phi) is 3.63. The summed E-state index contributed by atoms with van der Waals surface area (Å²) < 4.78 is 5.25. The summed E-state index contributed by atoms with van der Waals surface area (Å²) >= 11 is 0. The molecule has 6 nitrogen and oxygen atoms in total. The third kappa shape index (κ3) is 2.63. The van der Waals surface area contributed by atoms with Crippen molar-refractivity contribution in [2.24, 2.45) is 0 Å². The summed E-state index contributed by atoms with van der Waals surface area (Å²) in [7, 11) is 0. The number of nitrogens with one attached hydrogen (secondary N) is 2. The zero-order chi connectivity index (χ0) is 15.0. The van der Waals surface area contributed by atoms with Crippen molar-refractivity contribution >= 4 is 17.0 Å². The number of hydrogen-bond donors (Lipinski definition) is 2. The summed E-state index contributed by atoms with van der Waals surface area (Å²) in [5, 5.41) is 11.0. The highest BCUT2D eigenvalue weighted by Crippen LogP contribution is 2.25. The first-order valence-electron chi connectivity index (χ1n) is 7.34. The van der Waals surface area contributed by atoms with Crippen molar-refractivity contribution in [3.63, 3.8) is 0 Å². The Morgan fingerprint density at radius 1 is 1.52 bits per heavy atom. The van der Waals surface area contributed by atoms with Crippen molar-refractivity contribution in [2.45, 2.75) is 39.2 Å². The van der Waals surface area contributed by atoms with Crippen LogP contribution in [0, 0.1) is 6.92 Å². The number of carbonyl (C=O) groups excluding carboxylic acids is 1. The molecule has 1 unspecified atom stereocenters. The quantitative estimate of drug-likeness (QED) is 0.899. The molecule has 0 saturated carbocycles. The fourth-order valence-electron chi connectivity index (χ4n) is 2.63. The number of amides is 1. The molecule has 1 atom stereocenters. The number of aryl methyl sites for hydroxylation is 1. The van der Waals surface area contributed by atoms with Crippen LogP contribution in [-0.4, -0.2) is 35.2 Å². The Morgan fingerprint density at radius 2 is 2.33 bits per heavy atom. The number of fused-ring (bicyclic) bond motifs is 1. The van der Waals surface area contributed by atoms with Crippen molar-refractivity contribution in [1.82, 2.24) is 20.8 Å². The fourth-order valence-corrected chi connectivity index (χ4v) is 2.63. The van der Waals surface area contributed by atoms with Crippen LogP contribution in [-0.2, 0) is 0 Å². The molecule has 2 aromatic rings. The summed E-state index contributed by atoms with van der Waals surface area (Å²) in [5.41, 5.74) is 2.58. The zero-order valence-corrected chi connectivity index (χ0v) is 12.6. The van der Waals surface area contributed by atoms with Gasteiger partial charge in [-0.05, 0) is 31.9 Å². The van der Waals surface area contributed by atoms with Gasteiger partial charge in [-0.2, -0.15) is 0 Å². The molecule has 1 aliphatic heterocycles. The van der Waals surface area contributed by atoms with Gasteiger partial charge < -0.3 is 15.2 Å². The van der Waals surface area contributed by atoms with Gasteiger partial charge in [-0.25, -0.2) is 4.98 Å². The van der Waals surface area contributed by atoms with Gasteiger partial charge in [0.25, 0.3) is 11.6 Å². The summed E-state index contributed by atoms with van der Waals surface area (Å²) in [4.78, 5) is 17.1. The van der Waals surface area contributed by atoms with Crippen molar-refractivity contribution in [2.75, 3.05) is 13.1 Å². The molecule has 1 saturated heterocycles. The maximum Gasteiger partial charge on any atom is 0.259 e. The van der Waals surface area contributed by atoms with Gasteiger partial charge in [0.1, 0.15) is 0 Å². The minimum Gasteiger partial charge on any atom is -0.348 e. The molecule has 21 heavy (non-hydrogen) atoms. The second kappa shape index (κ2) is 5.44. The number of pyridine rings is 1. The smallest absolute Gasteiger partial charge is 0.259 e. The number of aromatic nitrogens is 2. The fraction of sp³-hybridized carbons (Fsp3) is 0.533. The molecular formula is C15H20N4O2. The van der Waals surface area contributed by atoms with Gasteiger partial charge >= 0.3 is 0 Å². The zero-order valence-electron chi connectivity index (χ0n) is 12.6. The largest absolute Gasteiger partial charge is 0.348 e. The number of rotatable bonds is 3. The van der Waals surface area contributed by atoms with Crippen molar-refractivity contribution in [3.8, 4) is 0 Å². The maximum absolute atomic E-state index is 12.6. The van der Waals surface area contributed by atoms with E-state index in [2.05, 4.69) is 20.8 Å². The molecule has 0 radical (unpaired) electrons. The average Bonchev–Trinajstić information content (AvgIpc) is 3.08. The lowest BCUT2D eigenvalue weighted by molar-refractivity contribution is 0.0941. The van der Waals surface area contributed by atoms with Crippen molar-refractivity contribution in [3.05, 3.63) is 23.0 Å². The molecule has 2 N–H and O–H groups in total. The topological polar surface area (TPSA) is 80.0 Å². The molecule has 3 rings (SSSR count). The number of nitrogens with zero attached hydrogens (tertiary/aromatic N) is 2. The van der Waals surface area contributed by atoms with Crippen LogP contribution in [0.25, 0.3) is 11.1 Å². The van der Waals surface area contributed by atoms with E-state index in [9.17, 15) is 4.79 Å². The summed E-state index contributed by atoms with van der Waals surface area (Å²) in [6, 6.07) is 2.04. The molecule has 0 aromatic carbocycles. The van der Waals surface area contributed by atoms with Crippen LogP contribution in [0.5, 0.6) is 0 Å². The van der Waals surface area contributed by atoms with Crippen LogP contribution in [0.4, 0.5) is 0 Å². The Hall–Kier alpha value is -1.95. The Bertz CT molecular complexity index is 672. The first-order chi connectivity index (χ1) is 10.1. The Labute approximate surface area is 123 Å². The van der Waals surface area contributed by atoms with E-state index in [-0.39, 0.29) is 17.9 Å². The van der Waals surface area contributed by atoms with Crippen LogP contribution in [0.2, 0.25) is 0 Å². The third-order valence-corrected chi connectivity index (χ3v) is 3.87. The maximum atomic E-state index is 12.6. The van der Waals surface area contributed by atoms with Gasteiger partial charge in [0.15, 0.2) is 0 Å². The number of hydrogen-bond acceptors (Lipinski definition) is 5. The normalized spacial score (nSPS) is 18.6. The molecule has 0 spiro atoms. The lowest BCUT2D eigenvalue weighted by atomic mass is 10.0. The summed E-state index contributed by atoms with van der Waals surface area (Å²) in [5.74, 6) is 0.142. The standard InChI is InChI=1S/C15H20N4O2/c1-8(2)12-6-11(13-9(3)19-21-15(13)18-12)14(20)17-10-4-5-16-7-10/h6,8,10,16H,4-5,7H2,1-3H3,(H,17,20). The van der Waals surface area contributed by atoms with Crippen LogP contribution < -0.4 is 10.6 Å². The van der Waals surface area contributed by atoms with Crippen molar-refractivity contribution < 1.29 is 9.32 Å². The lowest BCUT2D eigenvalue weighted by Crippen LogP contribution is -2.36. The van der Waals surface area contributed by atoms with Gasteiger partial charge in [-0.1, -0.05) is 19.0 Å². The molecular weight excluding hydrogens is 268 g/mol. The lowest BCUT2D eigenvalue weighted by Gasteiger charge is -2.13. The van der Waals surface area contributed by atoms with E-state index < -0.39 is 0 Å². The molecule has 0 aliphatic carbocycles. The van der Waals surface area contributed by atoms with E-state index in [4.69, 9.17) is 4.52 Å². The molecule has 112 valence electrons. The highest BCUT2D eigenvalue weighted by Gasteiger charge is 2.23. The van der Waals surface area contributed by atoms with Gasteiger partial charge in [-0.15, -0.1) is 0 Å². The molecule has 0 bridgehead atoms. The van der Waals surface area contributed by atoms with E-state index in [1.165, 1.54) is 0 Å². The average molecular weight is 288 g/mol. The van der Waals surface area contributed by atoms with Gasteiger partial charge in [0, 0.05) is 18.3 Å². The summed E-state index contributed by atoms with van der Waals surface area (Å²) in [6.07, 6.45) is 0.958. The van der Waals surface area contributed by atoms with Crippen LogP contribution >= 0.6 is 0 Å². The van der Waals surface area contributed by atoms with Crippen molar-refractivity contribution in [1.29, 1.82) is 0 Å². The van der Waals surface area contributed by atoms with E-state index >= 15 is 0 Å². The third-order valence-electron chi connectivity index (χ3n) is 3.87. The molecule has 1 amide bonds. The first kappa shape index (κ1) is 14.0. The van der Waals surface area contributed by atoms with E-state index in [0.717, 1.165) is 25.2 Å². The van der Waals surface area contributed by atoms with Crippen LogP contribution in [0.15, 0.2) is 10.6 Å². The predicted molar refractivity (Wildman–Crippen MR) is 79.4 cm³/mol. The molecule has 1 aliphatic rings. The SMILES string of the molecule is Cc1noc2nc(C(C)C)cc(C(=O)NC3CCNC3)c12. The predicted octanol–water partition coefficient (Wildman–Crippen LogP) is 1.75. The summed E-state index contributed by atoms with van der Waals surface area (Å²) in [6.45, 7) is 7.68.